The van der Waals surface area contributed by atoms with Crippen LogP contribution in [0.5, 0.6) is 0 Å². The summed E-state index contributed by atoms with van der Waals surface area (Å²) in [6.45, 7) is 4.43. The van der Waals surface area contributed by atoms with Crippen molar-refractivity contribution in [2.45, 2.75) is 20.4 Å². The van der Waals surface area contributed by atoms with Gasteiger partial charge in [0.25, 0.3) is 0 Å². The van der Waals surface area contributed by atoms with Crippen LogP contribution in [0.15, 0.2) is 33.5 Å². The molecule has 0 fully saturated rings. The average molecular weight is 465 g/mol. The summed E-state index contributed by atoms with van der Waals surface area (Å²) in [7, 11) is 1.56. The van der Waals surface area contributed by atoms with E-state index >= 15 is 0 Å². The number of ketones is 1. The van der Waals surface area contributed by atoms with Crippen molar-refractivity contribution in [1.82, 2.24) is 9.13 Å². The molecule has 0 N–H and O–H groups in total. The highest BCUT2D eigenvalue weighted by Crippen LogP contribution is 2.32. The monoisotopic (exact) mass is 463 g/mol. The van der Waals surface area contributed by atoms with Gasteiger partial charge in [-0.25, -0.2) is 9.18 Å². The molecule has 2 aromatic carbocycles. The molecule has 0 saturated heterocycles. The van der Waals surface area contributed by atoms with Crippen molar-refractivity contribution in [1.29, 1.82) is 5.26 Å². The zero-order valence-corrected chi connectivity index (χ0v) is 17.7. The second-order valence-electron chi connectivity index (χ2n) is 6.89. The molecule has 5 nitrogen and oxygen atoms in total. The van der Waals surface area contributed by atoms with Crippen LogP contribution in [0.4, 0.5) is 4.39 Å². The molecular formula is C20H16BrClFN3O2. The van der Waals surface area contributed by atoms with Gasteiger partial charge in [-0.3, -0.25) is 13.9 Å². The molecule has 1 heterocycles. The number of halogens is 3. The van der Waals surface area contributed by atoms with Gasteiger partial charge in [0, 0.05) is 23.6 Å². The quantitative estimate of drug-likeness (QED) is 0.528. The highest BCUT2D eigenvalue weighted by molar-refractivity contribution is 9.10. The predicted molar refractivity (Wildman–Crippen MR) is 109 cm³/mol. The average Bonchev–Trinajstić information content (AvgIpc) is 2.86. The molecule has 0 bridgehead atoms. The Hall–Kier alpha value is -2.43. The van der Waals surface area contributed by atoms with Gasteiger partial charge in [-0.2, -0.15) is 5.26 Å². The minimum absolute atomic E-state index is 0.0387. The predicted octanol–water partition coefficient (Wildman–Crippen LogP) is 4.65. The van der Waals surface area contributed by atoms with Gasteiger partial charge in [0.1, 0.15) is 11.9 Å². The van der Waals surface area contributed by atoms with Crippen LogP contribution in [0.2, 0.25) is 5.02 Å². The lowest BCUT2D eigenvalue weighted by Gasteiger charge is -2.11. The minimum Gasteiger partial charge on any atom is -0.294 e. The molecule has 3 aromatic rings. The first-order valence-corrected chi connectivity index (χ1v) is 9.66. The van der Waals surface area contributed by atoms with Crippen molar-refractivity contribution >= 4 is 44.3 Å². The lowest BCUT2D eigenvalue weighted by atomic mass is 9.97. The highest BCUT2D eigenvalue weighted by atomic mass is 79.9. The van der Waals surface area contributed by atoms with Gasteiger partial charge in [0.2, 0.25) is 0 Å². The van der Waals surface area contributed by atoms with E-state index in [1.54, 1.807) is 17.7 Å². The summed E-state index contributed by atoms with van der Waals surface area (Å²) >= 11 is 9.43. The summed E-state index contributed by atoms with van der Waals surface area (Å²) in [6.07, 6.45) is 0. The number of nitriles is 1. The summed E-state index contributed by atoms with van der Waals surface area (Å²) in [5.74, 6) is -1.00. The van der Waals surface area contributed by atoms with Crippen LogP contribution in [-0.2, 0) is 13.6 Å². The molecule has 0 aliphatic heterocycles. The molecule has 1 aromatic heterocycles. The zero-order chi connectivity index (χ0) is 20.7. The third-order valence-corrected chi connectivity index (χ3v) is 5.39. The number of nitrogens with zero attached hydrogens (tertiary/aromatic N) is 3. The molecule has 0 aliphatic carbocycles. The van der Waals surface area contributed by atoms with Crippen LogP contribution in [0, 0.1) is 23.1 Å². The Morgan fingerprint density at radius 1 is 1.36 bits per heavy atom. The molecule has 0 spiro atoms. The first-order chi connectivity index (χ1) is 13.2. The number of imidazole rings is 1. The summed E-state index contributed by atoms with van der Waals surface area (Å²) < 4.78 is 16.9. The van der Waals surface area contributed by atoms with E-state index in [0.29, 0.717) is 22.1 Å². The summed E-state index contributed by atoms with van der Waals surface area (Å²) in [5, 5.41) is 9.89. The second-order valence-corrected chi connectivity index (χ2v) is 8.15. The smallest absolute Gasteiger partial charge is 0.294 e. The molecule has 0 radical (unpaired) electrons. The van der Waals surface area contributed by atoms with Gasteiger partial charge in [0.15, 0.2) is 5.78 Å². The van der Waals surface area contributed by atoms with Crippen molar-refractivity contribution < 1.29 is 9.18 Å². The Morgan fingerprint density at radius 2 is 2.04 bits per heavy atom. The molecule has 8 heteroatoms. The van der Waals surface area contributed by atoms with Crippen molar-refractivity contribution in [3.05, 3.63) is 66.8 Å². The van der Waals surface area contributed by atoms with E-state index in [9.17, 15) is 19.2 Å². The van der Waals surface area contributed by atoms with Crippen molar-refractivity contribution in [2.24, 2.45) is 13.0 Å². The number of fused-ring (bicyclic) bond motifs is 1. The van der Waals surface area contributed by atoms with Gasteiger partial charge in [-0.05, 0) is 46.1 Å². The first kappa shape index (κ1) is 20.3. The van der Waals surface area contributed by atoms with Crippen LogP contribution in [-0.4, -0.2) is 14.9 Å². The minimum atomic E-state index is -0.612. The third kappa shape index (κ3) is 3.27. The van der Waals surface area contributed by atoms with Crippen molar-refractivity contribution in [3.63, 3.8) is 0 Å². The van der Waals surface area contributed by atoms with Crippen LogP contribution in [0.1, 0.15) is 35.3 Å². The van der Waals surface area contributed by atoms with Crippen LogP contribution < -0.4 is 5.69 Å². The van der Waals surface area contributed by atoms with E-state index in [-0.39, 0.29) is 33.3 Å². The van der Waals surface area contributed by atoms with Gasteiger partial charge in [-0.1, -0.05) is 25.4 Å². The fraction of sp³-hybridized carbons (Fsp3) is 0.250. The molecule has 0 saturated carbocycles. The lowest BCUT2D eigenvalue weighted by Crippen LogP contribution is -2.24. The largest absolute Gasteiger partial charge is 0.328 e. The van der Waals surface area contributed by atoms with E-state index in [2.05, 4.69) is 15.9 Å². The van der Waals surface area contributed by atoms with Gasteiger partial charge < -0.3 is 0 Å². The number of carbonyl (C=O) groups excluding carboxylic acids is 1. The van der Waals surface area contributed by atoms with Crippen LogP contribution in [0.3, 0.4) is 0 Å². The van der Waals surface area contributed by atoms with Crippen molar-refractivity contribution in [3.8, 4) is 6.07 Å². The molecule has 0 atom stereocenters. The SMILES string of the molecule is CC(C)Cn1c(=O)n(C)c2c(C#N)c(C(=O)c3cc(F)ccc3Cl)c(Br)cc21. The molecule has 28 heavy (non-hydrogen) atoms. The maximum absolute atomic E-state index is 13.7. The number of carbonyl (C=O) groups is 1. The summed E-state index contributed by atoms with van der Waals surface area (Å²) in [5.41, 5.74) is 0.653. The molecule has 144 valence electrons. The zero-order valence-electron chi connectivity index (χ0n) is 15.4. The van der Waals surface area contributed by atoms with E-state index in [1.165, 1.54) is 10.6 Å². The molecule has 0 aliphatic rings. The number of hydrogen-bond donors (Lipinski definition) is 0. The standard InChI is InChI=1S/C20H16BrClFN3O2/c1-10(2)9-26-16-7-14(21)17(13(8-24)18(16)25(3)20(26)28)19(27)12-6-11(23)4-5-15(12)22/h4-7,10H,9H2,1-3H3. The molecule has 0 unspecified atom stereocenters. The van der Waals surface area contributed by atoms with Crippen LogP contribution >= 0.6 is 27.5 Å². The molecule has 3 rings (SSSR count). The van der Waals surface area contributed by atoms with E-state index in [1.807, 2.05) is 19.9 Å². The molecular weight excluding hydrogens is 449 g/mol. The Morgan fingerprint density at radius 3 is 2.64 bits per heavy atom. The van der Waals surface area contributed by atoms with Gasteiger partial charge in [0.05, 0.1) is 27.2 Å². The Bertz CT molecular complexity index is 1220. The van der Waals surface area contributed by atoms with E-state index < -0.39 is 11.6 Å². The topological polar surface area (TPSA) is 67.8 Å². The second kappa shape index (κ2) is 7.53. The number of aryl methyl sites for hydroxylation is 1. The third-order valence-electron chi connectivity index (χ3n) is 4.44. The van der Waals surface area contributed by atoms with Gasteiger partial charge in [-0.15, -0.1) is 0 Å². The number of rotatable bonds is 4. The Kier molecular flexibility index (Phi) is 5.46. The fourth-order valence-corrected chi connectivity index (χ4v) is 4.03. The number of benzene rings is 2. The normalized spacial score (nSPS) is 11.2. The van der Waals surface area contributed by atoms with E-state index in [4.69, 9.17) is 11.6 Å². The van der Waals surface area contributed by atoms with Gasteiger partial charge >= 0.3 is 5.69 Å². The Balaban J connectivity index is 2.37. The summed E-state index contributed by atoms with van der Waals surface area (Å²) in [4.78, 5) is 25.8. The first-order valence-electron chi connectivity index (χ1n) is 8.49. The molecule has 0 amide bonds. The fourth-order valence-electron chi connectivity index (χ4n) is 3.23. The number of hydrogen-bond acceptors (Lipinski definition) is 3. The maximum Gasteiger partial charge on any atom is 0.328 e. The highest BCUT2D eigenvalue weighted by Gasteiger charge is 2.26. The lowest BCUT2D eigenvalue weighted by molar-refractivity contribution is 0.103. The Labute approximate surface area is 174 Å². The number of aromatic nitrogens is 2. The summed E-state index contributed by atoms with van der Waals surface area (Å²) in [6, 6.07) is 7.15. The van der Waals surface area contributed by atoms with Crippen LogP contribution in [0.25, 0.3) is 11.0 Å². The van der Waals surface area contributed by atoms with E-state index in [0.717, 1.165) is 12.1 Å². The maximum atomic E-state index is 13.7. The van der Waals surface area contributed by atoms with Crippen molar-refractivity contribution in [2.75, 3.05) is 0 Å².